The lowest BCUT2D eigenvalue weighted by Gasteiger charge is -2.47. The Labute approximate surface area is 116 Å². The van der Waals surface area contributed by atoms with Crippen LogP contribution in [0.25, 0.3) is 0 Å². The van der Waals surface area contributed by atoms with Gasteiger partial charge in [0.25, 0.3) is 0 Å². The molecule has 0 aromatic heterocycles. The van der Waals surface area contributed by atoms with Gasteiger partial charge in [0, 0.05) is 31.8 Å². The van der Waals surface area contributed by atoms with Crippen molar-refractivity contribution in [3.05, 3.63) is 0 Å². The Bertz CT molecular complexity index is 249. The van der Waals surface area contributed by atoms with Gasteiger partial charge < -0.3 is 10.5 Å². The van der Waals surface area contributed by atoms with Gasteiger partial charge in [-0.05, 0) is 51.0 Å². The molecule has 2 aliphatic heterocycles. The lowest BCUT2D eigenvalue weighted by molar-refractivity contribution is -0.113. The first-order valence-electron chi connectivity index (χ1n) is 7.34. The highest BCUT2D eigenvalue weighted by atomic mass is 32.2. The molecule has 0 aliphatic carbocycles. The summed E-state index contributed by atoms with van der Waals surface area (Å²) in [6, 6.07) is 1.26. The predicted molar refractivity (Wildman–Crippen MR) is 79.2 cm³/mol. The van der Waals surface area contributed by atoms with Crippen LogP contribution in [0, 0.1) is 0 Å². The highest BCUT2D eigenvalue weighted by molar-refractivity contribution is 7.99. The van der Waals surface area contributed by atoms with E-state index in [-0.39, 0.29) is 5.60 Å². The first-order chi connectivity index (χ1) is 8.67. The van der Waals surface area contributed by atoms with Gasteiger partial charge in [-0.3, -0.25) is 4.90 Å². The smallest absolute Gasteiger partial charge is 0.0713 e. The maximum atomic E-state index is 6.17. The Morgan fingerprint density at radius 3 is 2.72 bits per heavy atom. The normalized spacial score (nSPS) is 28.2. The zero-order valence-electron chi connectivity index (χ0n) is 11.9. The fraction of sp³-hybridized carbons (Fsp3) is 1.00. The van der Waals surface area contributed by atoms with E-state index in [1.54, 1.807) is 0 Å². The summed E-state index contributed by atoms with van der Waals surface area (Å²) in [7, 11) is 0. The van der Waals surface area contributed by atoms with E-state index in [0.29, 0.717) is 12.1 Å². The van der Waals surface area contributed by atoms with E-state index >= 15 is 0 Å². The molecule has 2 aliphatic rings. The highest BCUT2D eigenvalue weighted by Crippen LogP contribution is 2.39. The molecule has 2 saturated heterocycles. The van der Waals surface area contributed by atoms with Crippen molar-refractivity contribution < 1.29 is 4.74 Å². The Morgan fingerprint density at radius 1 is 1.39 bits per heavy atom. The van der Waals surface area contributed by atoms with Crippen molar-refractivity contribution in [2.24, 2.45) is 5.73 Å². The summed E-state index contributed by atoms with van der Waals surface area (Å²) < 4.78 is 6.17. The molecule has 0 aromatic carbocycles. The molecular weight excluding hydrogens is 244 g/mol. The van der Waals surface area contributed by atoms with E-state index in [9.17, 15) is 0 Å². The van der Waals surface area contributed by atoms with Crippen molar-refractivity contribution >= 4 is 11.8 Å². The number of hydrogen-bond acceptors (Lipinski definition) is 4. The standard InChI is InChI=1S/C14H28N2OS/c1-12(2)16(7-6-15)13-3-8-17-14(11-13)4-9-18-10-5-14/h12-13H,3-11,15H2,1-2H3. The van der Waals surface area contributed by atoms with E-state index in [1.165, 1.54) is 37.2 Å². The summed E-state index contributed by atoms with van der Waals surface area (Å²) in [4.78, 5) is 2.59. The summed E-state index contributed by atoms with van der Waals surface area (Å²) >= 11 is 2.08. The zero-order valence-corrected chi connectivity index (χ0v) is 12.7. The van der Waals surface area contributed by atoms with Gasteiger partial charge in [-0.15, -0.1) is 0 Å². The summed E-state index contributed by atoms with van der Waals surface area (Å²) in [5.41, 5.74) is 5.96. The van der Waals surface area contributed by atoms with Crippen LogP contribution in [0.15, 0.2) is 0 Å². The van der Waals surface area contributed by atoms with Crippen molar-refractivity contribution in [2.45, 2.75) is 57.2 Å². The van der Waals surface area contributed by atoms with Crippen molar-refractivity contribution in [1.29, 1.82) is 0 Å². The second-order valence-electron chi connectivity index (χ2n) is 5.91. The number of nitrogens with two attached hydrogens (primary N) is 1. The minimum Gasteiger partial charge on any atom is -0.375 e. The average molecular weight is 272 g/mol. The third kappa shape index (κ3) is 3.41. The van der Waals surface area contributed by atoms with E-state index in [4.69, 9.17) is 10.5 Å². The molecule has 1 atom stereocenters. The largest absolute Gasteiger partial charge is 0.375 e. The molecule has 4 heteroatoms. The van der Waals surface area contributed by atoms with Gasteiger partial charge in [-0.1, -0.05) is 0 Å². The molecule has 0 radical (unpaired) electrons. The van der Waals surface area contributed by atoms with Gasteiger partial charge in [0.1, 0.15) is 0 Å². The molecular formula is C14H28N2OS. The quantitative estimate of drug-likeness (QED) is 0.850. The molecule has 0 aromatic rings. The van der Waals surface area contributed by atoms with Crippen LogP contribution in [-0.2, 0) is 4.74 Å². The molecule has 0 amide bonds. The summed E-state index contributed by atoms with van der Waals surface area (Å²) in [5.74, 6) is 2.54. The van der Waals surface area contributed by atoms with Gasteiger partial charge >= 0.3 is 0 Å². The number of nitrogens with zero attached hydrogens (tertiary/aromatic N) is 1. The minimum absolute atomic E-state index is 0.190. The first kappa shape index (κ1) is 14.6. The average Bonchev–Trinajstić information content (AvgIpc) is 2.36. The van der Waals surface area contributed by atoms with Gasteiger partial charge in [0.05, 0.1) is 5.60 Å². The van der Waals surface area contributed by atoms with Crippen LogP contribution < -0.4 is 5.73 Å². The number of ether oxygens (including phenoxy) is 1. The summed E-state index contributed by atoms with van der Waals surface area (Å²) in [6.45, 7) is 7.29. The maximum Gasteiger partial charge on any atom is 0.0713 e. The third-order valence-electron chi connectivity index (χ3n) is 4.39. The molecule has 3 nitrogen and oxygen atoms in total. The highest BCUT2D eigenvalue weighted by Gasteiger charge is 2.40. The molecule has 106 valence electrons. The summed E-state index contributed by atoms with van der Waals surface area (Å²) in [5, 5.41) is 0. The molecule has 2 fully saturated rings. The van der Waals surface area contributed by atoms with Gasteiger partial charge in [0.2, 0.25) is 0 Å². The van der Waals surface area contributed by atoms with Crippen molar-refractivity contribution in [3.63, 3.8) is 0 Å². The van der Waals surface area contributed by atoms with Crippen LogP contribution in [0.4, 0.5) is 0 Å². The Morgan fingerprint density at radius 2 is 2.11 bits per heavy atom. The fourth-order valence-corrected chi connectivity index (χ4v) is 4.63. The van der Waals surface area contributed by atoms with E-state index in [2.05, 4.69) is 30.5 Å². The SMILES string of the molecule is CC(C)N(CCN)C1CCOC2(CCSCC2)C1. The van der Waals surface area contributed by atoms with E-state index < -0.39 is 0 Å². The molecule has 18 heavy (non-hydrogen) atoms. The summed E-state index contributed by atoms with van der Waals surface area (Å²) in [6.07, 6.45) is 4.87. The molecule has 1 unspecified atom stereocenters. The molecule has 2 N–H and O–H groups in total. The Kier molecular flexibility index (Phi) is 5.36. The molecule has 2 heterocycles. The van der Waals surface area contributed by atoms with Gasteiger partial charge in [0.15, 0.2) is 0 Å². The minimum atomic E-state index is 0.190. The molecule has 1 spiro atoms. The maximum absolute atomic E-state index is 6.17. The lowest BCUT2D eigenvalue weighted by atomic mass is 9.84. The number of rotatable bonds is 4. The van der Waals surface area contributed by atoms with Crippen molar-refractivity contribution in [2.75, 3.05) is 31.2 Å². The Balaban J connectivity index is 1.99. The number of hydrogen-bond donors (Lipinski definition) is 1. The molecule has 0 bridgehead atoms. The molecule has 0 saturated carbocycles. The number of thioether (sulfide) groups is 1. The van der Waals surface area contributed by atoms with Crippen molar-refractivity contribution in [3.8, 4) is 0 Å². The van der Waals surface area contributed by atoms with Gasteiger partial charge in [-0.25, -0.2) is 0 Å². The lowest BCUT2D eigenvalue weighted by Crippen LogP contribution is -2.53. The van der Waals surface area contributed by atoms with Crippen molar-refractivity contribution in [1.82, 2.24) is 4.90 Å². The van der Waals surface area contributed by atoms with E-state index in [0.717, 1.165) is 19.7 Å². The predicted octanol–water partition coefficient (Wildman–Crippen LogP) is 2.10. The van der Waals surface area contributed by atoms with Gasteiger partial charge in [-0.2, -0.15) is 11.8 Å². The Hall–Kier alpha value is 0.230. The second kappa shape index (κ2) is 6.60. The monoisotopic (exact) mass is 272 g/mol. The second-order valence-corrected chi connectivity index (χ2v) is 7.14. The topological polar surface area (TPSA) is 38.5 Å². The van der Waals surface area contributed by atoms with Crippen LogP contribution in [-0.4, -0.2) is 53.8 Å². The van der Waals surface area contributed by atoms with Crippen LogP contribution in [0.5, 0.6) is 0 Å². The van der Waals surface area contributed by atoms with Crippen LogP contribution >= 0.6 is 11.8 Å². The zero-order chi connectivity index (χ0) is 13.0. The first-order valence-corrected chi connectivity index (χ1v) is 8.50. The van der Waals surface area contributed by atoms with E-state index in [1.807, 2.05) is 0 Å². The third-order valence-corrected chi connectivity index (χ3v) is 5.38. The molecule has 2 rings (SSSR count). The van der Waals surface area contributed by atoms with Crippen LogP contribution in [0.1, 0.15) is 39.5 Å². The fourth-order valence-electron chi connectivity index (χ4n) is 3.39. The van der Waals surface area contributed by atoms with Crippen LogP contribution in [0.3, 0.4) is 0 Å². The van der Waals surface area contributed by atoms with Crippen LogP contribution in [0.2, 0.25) is 0 Å².